The number of piperazine rings is 1. The third-order valence-corrected chi connectivity index (χ3v) is 6.28. The quantitative estimate of drug-likeness (QED) is 0.367. The zero-order valence-electron chi connectivity index (χ0n) is 19.9. The highest BCUT2D eigenvalue weighted by molar-refractivity contribution is 5.93. The molecule has 192 valence electrons. The molecular formula is C26H23F4N5O2. The van der Waals surface area contributed by atoms with Gasteiger partial charge in [-0.05, 0) is 48.0 Å². The fraction of sp³-hybridized carbons (Fsp3) is 0.269. The molecule has 0 aliphatic carbocycles. The van der Waals surface area contributed by atoms with E-state index < -0.39 is 17.8 Å². The number of aromatic nitrogens is 3. The summed E-state index contributed by atoms with van der Waals surface area (Å²) in [4.78, 5) is 21.1. The Morgan fingerprint density at radius 1 is 1.00 bits per heavy atom. The van der Waals surface area contributed by atoms with E-state index in [1.165, 1.54) is 25.3 Å². The predicted molar refractivity (Wildman–Crippen MR) is 128 cm³/mol. The van der Waals surface area contributed by atoms with Crippen LogP contribution in [0.5, 0.6) is 5.75 Å². The number of carbonyl (C=O) groups is 1. The highest BCUT2D eigenvalue weighted by Gasteiger charge is 2.36. The van der Waals surface area contributed by atoms with Crippen LogP contribution in [0.1, 0.15) is 21.7 Å². The maximum atomic E-state index is 13.9. The van der Waals surface area contributed by atoms with Crippen molar-refractivity contribution < 1.29 is 27.1 Å². The Hall–Kier alpha value is -3.99. The second-order valence-electron chi connectivity index (χ2n) is 8.75. The topological polar surface area (TPSA) is 63.0 Å². The van der Waals surface area contributed by atoms with Gasteiger partial charge in [0.2, 0.25) is 0 Å². The molecule has 0 spiro atoms. The average Bonchev–Trinajstić information content (AvgIpc) is 3.32. The van der Waals surface area contributed by atoms with Gasteiger partial charge in [-0.1, -0.05) is 12.1 Å². The third kappa shape index (κ3) is 5.26. The van der Waals surface area contributed by atoms with Crippen LogP contribution in [-0.2, 0) is 12.7 Å². The van der Waals surface area contributed by atoms with Crippen molar-refractivity contribution in [3.8, 4) is 17.0 Å². The van der Waals surface area contributed by atoms with E-state index in [1.807, 2.05) is 6.07 Å². The Morgan fingerprint density at radius 3 is 2.38 bits per heavy atom. The molecule has 11 heteroatoms. The Kier molecular flexibility index (Phi) is 6.55. The van der Waals surface area contributed by atoms with Gasteiger partial charge in [-0.3, -0.25) is 9.69 Å². The molecule has 0 atom stereocenters. The van der Waals surface area contributed by atoms with Gasteiger partial charge >= 0.3 is 6.18 Å². The van der Waals surface area contributed by atoms with Gasteiger partial charge in [0.1, 0.15) is 11.6 Å². The average molecular weight is 513 g/mol. The van der Waals surface area contributed by atoms with E-state index in [2.05, 4.69) is 15.0 Å². The molecule has 3 heterocycles. The van der Waals surface area contributed by atoms with Gasteiger partial charge in [-0.25, -0.2) is 13.9 Å². The summed E-state index contributed by atoms with van der Waals surface area (Å²) < 4.78 is 61.0. The van der Waals surface area contributed by atoms with Crippen molar-refractivity contribution in [2.45, 2.75) is 12.7 Å². The standard InChI is InChI=1S/C26H23F4N5O2/c1-37-20-7-5-18(6-8-20)21-14-23(26(28,29)30)35-24(31-21)15-22(32-35)25(36)34-11-9-33(10-12-34)16-17-3-2-4-19(27)13-17/h2-8,13-15H,9-12,16H2,1H3. The van der Waals surface area contributed by atoms with Crippen LogP contribution < -0.4 is 4.74 Å². The second kappa shape index (κ2) is 9.81. The highest BCUT2D eigenvalue weighted by atomic mass is 19.4. The summed E-state index contributed by atoms with van der Waals surface area (Å²) in [6, 6.07) is 15.0. The number of alkyl halides is 3. The maximum Gasteiger partial charge on any atom is 0.433 e. The monoisotopic (exact) mass is 513 g/mol. The zero-order chi connectivity index (χ0) is 26.2. The Labute approximate surface area is 209 Å². The van der Waals surface area contributed by atoms with Crippen LogP contribution in [0, 0.1) is 5.82 Å². The zero-order valence-corrected chi connectivity index (χ0v) is 19.9. The van der Waals surface area contributed by atoms with Crippen molar-refractivity contribution in [2.24, 2.45) is 0 Å². The first-order chi connectivity index (χ1) is 17.7. The number of ether oxygens (including phenoxy) is 1. The molecule has 1 aliphatic heterocycles. The van der Waals surface area contributed by atoms with Crippen LogP contribution in [0.4, 0.5) is 17.6 Å². The first-order valence-corrected chi connectivity index (χ1v) is 11.6. The summed E-state index contributed by atoms with van der Waals surface area (Å²) in [5, 5.41) is 3.98. The van der Waals surface area contributed by atoms with Gasteiger partial charge in [0, 0.05) is 44.4 Å². The van der Waals surface area contributed by atoms with E-state index in [4.69, 9.17) is 4.74 Å². The van der Waals surface area contributed by atoms with Crippen LogP contribution in [0.25, 0.3) is 16.9 Å². The van der Waals surface area contributed by atoms with E-state index in [-0.39, 0.29) is 22.9 Å². The van der Waals surface area contributed by atoms with Crippen molar-refractivity contribution in [2.75, 3.05) is 33.3 Å². The Bertz CT molecular complexity index is 1430. The lowest BCUT2D eigenvalue weighted by molar-refractivity contribution is -0.142. The van der Waals surface area contributed by atoms with Crippen LogP contribution in [-0.4, -0.2) is 63.6 Å². The fourth-order valence-electron chi connectivity index (χ4n) is 4.36. The molecule has 5 rings (SSSR count). The third-order valence-electron chi connectivity index (χ3n) is 6.28. The number of benzene rings is 2. The molecular weight excluding hydrogens is 490 g/mol. The summed E-state index contributed by atoms with van der Waals surface area (Å²) in [6.07, 6.45) is -4.71. The lowest BCUT2D eigenvalue weighted by Gasteiger charge is -2.34. The van der Waals surface area contributed by atoms with Gasteiger partial charge < -0.3 is 9.64 Å². The minimum Gasteiger partial charge on any atom is -0.497 e. The molecule has 0 N–H and O–H groups in total. The molecule has 0 radical (unpaired) electrons. The molecule has 2 aromatic carbocycles. The smallest absolute Gasteiger partial charge is 0.433 e. The number of hydrogen-bond donors (Lipinski definition) is 0. The van der Waals surface area contributed by atoms with E-state index >= 15 is 0 Å². The summed E-state index contributed by atoms with van der Waals surface area (Å²) in [5.74, 6) is -0.204. The summed E-state index contributed by atoms with van der Waals surface area (Å²) in [7, 11) is 1.50. The summed E-state index contributed by atoms with van der Waals surface area (Å²) >= 11 is 0. The second-order valence-corrected chi connectivity index (χ2v) is 8.75. The molecule has 0 bridgehead atoms. The molecule has 4 aromatic rings. The molecule has 37 heavy (non-hydrogen) atoms. The lowest BCUT2D eigenvalue weighted by Crippen LogP contribution is -2.48. The van der Waals surface area contributed by atoms with E-state index in [0.29, 0.717) is 48.6 Å². The highest BCUT2D eigenvalue weighted by Crippen LogP contribution is 2.33. The van der Waals surface area contributed by atoms with Crippen LogP contribution in [0.3, 0.4) is 0 Å². The SMILES string of the molecule is COc1ccc(-c2cc(C(F)(F)F)n3nc(C(=O)N4CCN(Cc5cccc(F)c5)CC4)cc3n2)cc1. The number of fused-ring (bicyclic) bond motifs is 1. The lowest BCUT2D eigenvalue weighted by atomic mass is 10.1. The first-order valence-electron chi connectivity index (χ1n) is 11.6. The number of halogens is 4. The van der Waals surface area contributed by atoms with Crippen molar-refractivity contribution in [3.05, 3.63) is 83.4 Å². The number of hydrogen-bond acceptors (Lipinski definition) is 5. The van der Waals surface area contributed by atoms with Crippen molar-refractivity contribution >= 4 is 11.6 Å². The number of carbonyl (C=O) groups excluding carboxylic acids is 1. The Balaban J connectivity index is 1.37. The molecule has 0 saturated carbocycles. The van der Waals surface area contributed by atoms with E-state index in [9.17, 15) is 22.4 Å². The fourth-order valence-corrected chi connectivity index (χ4v) is 4.36. The minimum absolute atomic E-state index is 0.0752. The minimum atomic E-state index is -4.71. The largest absolute Gasteiger partial charge is 0.497 e. The van der Waals surface area contributed by atoms with Gasteiger partial charge in [0.05, 0.1) is 12.8 Å². The van der Waals surface area contributed by atoms with Gasteiger partial charge in [-0.15, -0.1) is 0 Å². The van der Waals surface area contributed by atoms with Crippen LogP contribution in [0.2, 0.25) is 0 Å². The van der Waals surface area contributed by atoms with Crippen molar-refractivity contribution in [1.29, 1.82) is 0 Å². The van der Waals surface area contributed by atoms with Crippen molar-refractivity contribution in [3.63, 3.8) is 0 Å². The molecule has 7 nitrogen and oxygen atoms in total. The molecule has 1 aliphatic rings. The Morgan fingerprint density at radius 2 is 1.73 bits per heavy atom. The van der Waals surface area contributed by atoms with Gasteiger partial charge in [-0.2, -0.15) is 18.3 Å². The number of amides is 1. The first kappa shape index (κ1) is 24.7. The van der Waals surface area contributed by atoms with Gasteiger partial charge in [0.25, 0.3) is 5.91 Å². The molecule has 1 amide bonds. The number of rotatable bonds is 5. The number of methoxy groups -OCH3 is 1. The maximum absolute atomic E-state index is 13.9. The van der Waals surface area contributed by atoms with Crippen molar-refractivity contribution in [1.82, 2.24) is 24.4 Å². The normalized spacial score (nSPS) is 14.8. The van der Waals surface area contributed by atoms with Crippen LogP contribution in [0.15, 0.2) is 60.7 Å². The molecule has 1 fully saturated rings. The predicted octanol–water partition coefficient (Wildman–Crippen LogP) is 4.52. The van der Waals surface area contributed by atoms with Crippen LogP contribution >= 0.6 is 0 Å². The number of nitrogens with zero attached hydrogens (tertiary/aromatic N) is 5. The summed E-state index contributed by atoms with van der Waals surface area (Å²) in [6.45, 7) is 2.38. The molecule has 1 saturated heterocycles. The van der Waals surface area contributed by atoms with Gasteiger partial charge in [0.15, 0.2) is 17.0 Å². The van der Waals surface area contributed by atoms with E-state index in [0.717, 1.165) is 11.6 Å². The molecule has 2 aromatic heterocycles. The van der Waals surface area contributed by atoms with E-state index in [1.54, 1.807) is 35.2 Å². The molecule has 0 unspecified atom stereocenters. The summed E-state index contributed by atoms with van der Waals surface area (Å²) in [5.41, 5.74) is 0.197.